The molecule has 1 saturated carbocycles. The minimum atomic E-state index is -4.33. The fraction of sp³-hybridized carbons (Fsp3) is 0.423. The molecule has 0 amide bonds. The van der Waals surface area contributed by atoms with E-state index in [1.165, 1.54) is 12.1 Å². The Morgan fingerprint density at radius 1 is 0.971 bits per heavy atom. The van der Waals surface area contributed by atoms with E-state index in [1.807, 2.05) is 18.2 Å². The van der Waals surface area contributed by atoms with Crippen LogP contribution < -0.4 is 10.2 Å². The van der Waals surface area contributed by atoms with Gasteiger partial charge in [0.25, 0.3) is 0 Å². The lowest BCUT2D eigenvalue weighted by atomic mass is 10.1. The molecular weight excluding hydrogens is 443 g/mol. The maximum absolute atomic E-state index is 12.9. The zero-order valence-corrected chi connectivity index (χ0v) is 18.9. The molecule has 2 aromatic carbocycles. The smallest absolute Gasteiger partial charge is 0.416 e. The molecule has 1 atom stereocenters. The number of halogens is 3. The molecule has 1 aromatic heterocycles. The molecule has 2 aliphatic rings. The number of rotatable bonds is 8. The number of hydrogen-bond donors (Lipinski definition) is 1. The van der Waals surface area contributed by atoms with Crippen LogP contribution in [0.2, 0.25) is 0 Å². The summed E-state index contributed by atoms with van der Waals surface area (Å²) in [5, 5.41) is 3.50. The van der Waals surface area contributed by atoms with Gasteiger partial charge in [0, 0.05) is 26.1 Å². The SMILES string of the molecule is FC(F)(F)c1ccc(CNC(c2nc(Cc3ccccc3)c(N3CCOCC3)o2)C2CC2)cc1. The molecule has 1 saturated heterocycles. The third-order valence-corrected chi connectivity index (χ3v) is 6.37. The van der Waals surface area contributed by atoms with Crippen LogP contribution in [0.25, 0.3) is 0 Å². The van der Waals surface area contributed by atoms with Gasteiger partial charge in [-0.3, -0.25) is 0 Å². The number of hydrogen-bond acceptors (Lipinski definition) is 5. The molecular formula is C26H28F3N3O2. The van der Waals surface area contributed by atoms with Gasteiger partial charge in [0.05, 0.1) is 24.8 Å². The van der Waals surface area contributed by atoms with Crippen LogP contribution in [-0.2, 0) is 23.9 Å². The second kappa shape index (κ2) is 9.80. The Hall–Kier alpha value is -2.84. The minimum Gasteiger partial charge on any atom is -0.423 e. The number of morpholine rings is 1. The van der Waals surface area contributed by atoms with E-state index >= 15 is 0 Å². The van der Waals surface area contributed by atoms with Crippen LogP contribution in [-0.4, -0.2) is 31.3 Å². The maximum atomic E-state index is 12.9. The van der Waals surface area contributed by atoms with Crippen molar-refractivity contribution in [3.63, 3.8) is 0 Å². The third kappa shape index (κ3) is 5.45. The van der Waals surface area contributed by atoms with E-state index in [2.05, 4.69) is 22.3 Å². The van der Waals surface area contributed by atoms with Crippen molar-refractivity contribution in [2.45, 2.75) is 38.0 Å². The molecule has 0 bridgehead atoms. The van der Waals surface area contributed by atoms with Crippen molar-refractivity contribution in [2.24, 2.45) is 5.92 Å². The quantitative estimate of drug-likeness (QED) is 0.479. The number of nitrogens with one attached hydrogen (secondary N) is 1. The van der Waals surface area contributed by atoms with E-state index in [0.29, 0.717) is 38.0 Å². The summed E-state index contributed by atoms with van der Waals surface area (Å²) in [5.41, 5.74) is 2.23. The summed E-state index contributed by atoms with van der Waals surface area (Å²) in [6, 6.07) is 15.4. The highest BCUT2D eigenvalue weighted by Crippen LogP contribution is 2.42. The molecule has 2 heterocycles. The minimum absolute atomic E-state index is 0.0772. The van der Waals surface area contributed by atoms with Crippen molar-refractivity contribution >= 4 is 5.88 Å². The van der Waals surface area contributed by atoms with Gasteiger partial charge in [-0.25, -0.2) is 4.98 Å². The number of benzene rings is 2. The lowest BCUT2D eigenvalue weighted by molar-refractivity contribution is -0.137. The van der Waals surface area contributed by atoms with Gasteiger partial charge in [-0.2, -0.15) is 13.2 Å². The Morgan fingerprint density at radius 2 is 1.68 bits per heavy atom. The van der Waals surface area contributed by atoms with Gasteiger partial charge >= 0.3 is 6.18 Å². The van der Waals surface area contributed by atoms with Crippen LogP contribution in [0.4, 0.5) is 19.1 Å². The molecule has 1 aliphatic carbocycles. The maximum Gasteiger partial charge on any atom is 0.416 e. The molecule has 0 radical (unpaired) electrons. The van der Waals surface area contributed by atoms with Crippen molar-refractivity contribution in [1.29, 1.82) is 0 Å². The van der Waals surface area contributed by atoms with Crippen LogP contribution in [0, 0.1) is 5.92 Å². The van der Waals surface area contributed by atoms with Crippen LogP contribution in [0.3, 0.4) is 0 Å². The van der Waals surface area contributed by atoms with Gasteiger partial charge in [-0.1, -0.05) is 42.5 Å². The zero-order chi connectivity index (χ0) is 23.5. The van der Waals surface area contributed by atoms with Crippen molar-refractivity contribution in [2.75, 3.05) is 31.2 Å². The van der Waals surface area contributed by atoms with Gasteiger partial charge in [0.1, 0.15) is 5.69 Å². The number of nitrogens with zero attached hydrogens (tertiary/aromatic N) is 2. The average molecular weight is 472 g/mol. The Labute approximate surface area is 196 Å². The van der Waals surface area contributed by atoms with E-state index in [4.69, 9.17) is 14.1 Å². The first kappa shape index (κ1) is 22.9. The molecule has 2 fully saturated rings. The first-order chi connectivity index (χ1) is 16.5. The largest absolute Gasteiger partial charge is 0.423 e. The highest BCUT2D eigenvalue weighted by atomic mass is 19.4. The lowest BCUT2D eigenvalue weighted by Gasteiger charge is -2.27. The average Bonchev–Trinajstić information content (AvgIpc) is 3.60. The Kier molecular flexibility index (Phi) is 6.61. The van der Waals surface area contributed by atoms with Gasteiger partial charge < -0.3 is 19.4 Å². The molecule has 3 aromatic rings. The number of anilines is 1. The first-order valence-corrected chi connectivity index (χ1v) is 11.7. The summed E-state index contributed by atoms with van der Waals surface area (Å²) in [4.78, 5) is 7.13. The monoisotopic (exact) mass is 471 g/mol. The molecule has 1 unspecified atom stereocenters. The Morgan fingerprint density at radius 3 is 2.32 bits per heavy atom. The number of ether oxygens (including phenoxy) is 1. The van der Waals surface area contributed by atoms with Crippen molar-refractivity contribution in [3.05, 3.63) is 82.9 Å². The number of aromatic nitrogens is 1. The number of oxazole rings is 1. The first-order valence-electron chi connectivity index (χ1n) is 11.7. The normalized spacial score (nSPS) is 17.7. The molecule has 5 nitrogen and oxygen atoms in total. The van der Waals surface area contributed by atoms with E-state index in [-0.39, 0.29) is 6.04 Å². The predicted molar refractivity (Wildman–Crippen MR) is 123 cm³/mol. The summed E-state index contributed by atoms with van der Waals surface area (Å²) in [5.74, 6) is 1.86. The zero-order valence-electron chi connectivity index (χ0n) is 18.9. The standard InChI is InChI=1S/C26H28F3N3O2/c27-26(28,29)21-10-6-19(7-11-21)17-30-23(20-8-9-20)24-31-22(16-18-4-2-1-3-5-18)25(34-24)32-12-14-33-15-13-32/h1-7,10-11,20,23,30H,8-9,12-17H2. The van der Waals surface area contributed by atoms with Crippen LogP contribution in [0.5, 0.6) is 0 Å². The molecule has 0 spiro atoms. The highest BCUT2D eigenvalue weighted by Gasteiger charge is 2.37. The summed E-state index contributed by atoms with van der Waals surface area (Å²) < 4.78 is 50.5. The van der Waals surface area contributed by atoms with E-state index < -0.39 is 11.7 Å². The van der Waals surface area contributed by atoms with Crippen LogP contribution in [0.15, 0.2) is 59.0 Å². The third-order valence-electron chi connectivity index (χ3n) is 6.37. The van der Waals surface area contributed by atoms with Gasteiger partial charge in [0.15, 0.2) is 0 Å². The van der Waals surface area contributed by atoms with E-state index in [9.17, 15) is 13.2 Å². The lowest BCUT2D eigenvalue weighted by Crippen LogP contribution is -2.36. The number of alkyl halides is 3. The molecule has 180 valence electrons. The Bertz CT molecular complexity index is 1070. The molecule has 1 aliphatic heterocycles. The van der Waals surface area contributed by atoms with Crippen molar-refractivity contribution in [1.82, 2.24) is 10.3 Å². The van der Waals surface area contributed by atoms with E-state index in [0.717, 1.165) is 60.8 Å². The summed E-state index contributed by atoms with van der Waals surface area (Å²) >= 11 is 0. The fourth-order valence-corrected chi connectivity index (χ4v) is 4.34. The molecule has 8 heteroatoms. The van der Waals surface area contributed by atoms with E-state index in [1.54, 1.807) is 0 Å². The van der Waals surface area contributed by atoms with Crippen LogP contribution in [0.1, 0.15) is 47.2 Å². The second-order valence-corrected chi connectivity index (χ2v) is 8.96. The predicted octanol–water partition coefficient (Wildman–Crippen LogP) is 5.36. The Balaban J connectivity index is 1.36. The van der Waals surface area contributed by atoms with Crippen molar-refractivity contribution < 1.29 is 22.3 Å². The summed E-state index contributed by atoms with van der Waals surface area (Å²) in [7, 11) is 0. The second-order valence-electron chi connectivity index (χ2n) is 8.96. The molecule has 34 heavy (non-hydrogen) atoms. The van der Waals surface area contributed by atoms with Crippen molar-refractivity contribution in [3.8, 4) is 0 Å². The fourth-order valence-electron chi connectivity index (χ4n) is 4.34. The molecule has 1 N–H and O–H groups in total. The highest BCUT2D eigenvalue weighted by molar-refractivity contribution is 5.44. The summed E-state index contributed by atoms with van der Waals surface area (Å²) in [6.07, 6.45) is -1.50. The summed E-state index contributed by atoms with van der Waals surface area (Å²) in [6.45, 7) is 3.26. The van der Waals surface area contributed by atoms with Crippen LogP contribution >= 0.6 is 0 Å². The van der Waals surface area contributed by atoms with Gasteiger partial charge in [-0.15, -0.1) is 0 Å². The molecule has 5 rings (SSSR count). The van der Waals surface area contributed by atoms with Gasteiger partial charge in [-0.05, 0) is 42.0 Å². The topological polar surface area (TPSA) is 50.5 Å². The van der Waals surface area contributed by atoms with Gasteiger partial charge in [0.2, 0.25) is 11.8 Å².